The third kappa shape index (κ3) is 5.98. The highest BCUT2D eigenvalue weighted by Crippen LogP contribution is 2.09. The predicted molar refractivity (Wildman–Crippen MR) is 108 cm³/mol. The number of carbonyl (C=O) groups excluding carboxylic acids is 2. The Balaban J connectivity index is 1.42. The van der Waals surface area contributed by atoms with Gasteiger partial charge in [0.25, 0.3) is 0 Å². The Hall–Kier alpha value is -3.61. The molecule has 3 N–H and O–H groups in total. The Morgan fingerprint density at radius 3 is 2.61 bits per heavy atom. The van der Waals surface area contributed by atoms with Crippen LogP contribution in [-0.2, 0) is 17.9 Å². The van der Waals surface area contributed by atoms with Gasteiger partial charge in [-0.15, -0.1) is 0 Å². The van der Waals surface area contributed by atoms with Crippen molar-refractivity contribution in [1.82, 2.24) is 20.4 Å². The molecule has 0 aliphatic rings. The number of hydrogen-bond donors (Lipinski definition) is 3. The maximum Gasteiger partial charge on any atom is 0.319 e. The molecule has 0 spiro atoms. The smallest absolute Gasteiger partial charge is 0.319 e. The van der Waals surface area contributed by atoms with Gasteiger partial charge in [0.15, 0.2) is 0 Å². The lowest BCUT2D eigenvalue weighted by Crippen LogP contribution is -2.38. The summed E-state index contributed by atoms with van der Waals surface area (Å²) >= 11 is 0. The molecule has 3 amide bonds. The van der Waals surface area contributed by atoms with E-state index in [2.05, 4.69) is 21.0 Å². The van der Waals surface area contributed by atoms with Crippen LogP contribution < -0.4 is 16.0 Å². The largest absolute Gasteiger partial charge is 0.350 e. The highest BCUT2D eigenvalue weighted by atomic mass is 16.2. The number of rotatable bonds is 7. The zero-order chi connectivity index (χ0) is 19.8. The third-order valence-corrected chi connectivity index (χ3v) is 4.07. The second kappa shape index (κ2) is 9.36. The molecule has 0 fully saturated rings. The van der Waals surface area contributed by atoms with E-state index in [0.717, 1.165) is 16.7 Å². The van der Waals surface area contributed by atoms with E-state index in [1.54, 1.807) is 12.3 Å². The van der Waals surface area contributed by atoms with Gasteiger partial charge in [0.05, 0.1) is 13.1 Å². The average Bonchev–Trinajstić information content (AvgIpc) is 3.18. The second-order valence-electron chi connectivity index (χ2n) is 6.48. The van der Waals surface area contributed by atoms with Gasteiger partial charge in [0, 0.05) is 24.6 Å². The number of carbonyl (C=O) groups is 2. The Bertz CT molecular complexity index is 937. The highest BCUT2D eigenvalue weighted by Gasteiger charge is 2.06. The summed E-state index contributed by atoms with van der Waals surface area (Å²) < 4.78 is 1.84. The van der Waals surface area contributed by atoms with Crippen molar-refractivity contribution in [3.8, 4) is 0 Å². The lowest BCUT2D eigenvalue weighted by Gasteiger charge is -2.10. The van der Waals surface area contributed by atoms with Crippen molar-refractivity contribution in [1.29, 1.82) is 0 Å². The Morgan fingerprint density at radius 1 is 1.00 bits per heavy atom. The molecule has 3 rings (SSSR count). The number of aromatic nitrogens is 2. The Kier molecular flexibility index (Phi) is 6.41. The van der Waals surface area contributed by atoms with Gasteiger partial charge in [-0.05, 0) is 41.8 Å². The van der Waals surface area contributed by atoms with E-state index in [9.17, 15) is 9.59 Å². The van der Waals surface area contributed by atoms with Gasteiger partial charge in [-0.1, -0.05) is 36.4 Å². The number of benzene rings is 2. The van der Waals surface area contributed by atoms with Crippen LogP contribution in [0, 0.1) is 6.92 Å². The fraction of sp³-hybridized carbons (Fsp3) is 0.190. The fourth-order valence-electron chi connectivity index (χ4n) is 2.74. The molecule has 0 atom stereocenters. The molecule has 28 heavy (non-hydrogen) atoms. The highest BCUT2D eigenvalue weighted by molar-refractivity contribution is 5.92. The number of hydrogen-bond acceptors (Lipinski definition) is 3. The molecule has 0 bridgehead atoms. The van der Waals surface area contributed by atoms with Gasteiger partial charge in [-0.3, -0.25) is 9.48 Å². The van der Waals surface area contributed by atoms with Gasteiger partial charge < -0.3 is 16.0 Å². The van der Waals surface area contributed by atoms with Crippen LogP contribution >= 0.6 is 0 Å². The summed E-state index contributed by atoms with van der Waals surface area (Å²) in [6.45, 7) is 2.92. The van der Waals surface area contributed by atoms with Crippen molar-refractivity contribution in [3.05, 3.63) is 83.7 Å². The van der Waals surface area contributed by atoms with Crippen LogP contribution in [0.15, 0.2) is 67.0 Å². The van der Waals surface area contributed by atoms with Crippen molar-refractivity contribution in [2.75, 3.05) is 11.9 Å². The lowest BCUT2D eigenvalue weighted by atomic mass is 10.1. The summed E-state index contributed by atoms with van der Waals surface area (Å²) in [5.74, 6) is -0.253. The molecule has 0 saturated carbocycles. The molecule has 144 valence electrons. The molecule has 0 radical (unpaired) electrons. The van der Waals surface area contributed by atoms with Crippen molar-refractivity contribution < 1.29 is 9.59 Å². The van der Waals surface area contributed by atoms with E-state index in [1.807, 2.05) is 66.3 Å². The summed E-state index contributed by atoms with van der Waals surface area (Å²) in [7, 11) is 0. The molecule has 0 saturated heterocycles. The van der Waals surface area contributed by atoms with Crippen LogP contribution in [-0.4, -0.2) is 28.3 Å². The number of aryl methyl sites for hydroxylation is 1. The molecular formula is C21H23N5O2. The van der Waals surface area contributed by atoms with Crippen LogP contribution in [0.2, 0.25) is 0 Å². The molecule has 2 aromatic carbocycles. The SMILES string of the molecule is Cc1cccc(NC(=O)NCC(=O)NCc2cccc(Cn3cccn3)c2)c1. The topological polar surface area (TPSA) is 88.0 Å². The van der Waals surface area contributed by atoms with Crippen molar-refractivity contribution >= 4 is 17.6 Å². The van der Waals surface area contributed by atoms with Crippen LogP contribution in [0.25, 0.3) is 0 Å². The normalized spacial score (nSPS) is 10.3. The first-order valence-electron chi connectivity index (χ1n) is 9.02. The number of nitrogens with one attached hydrogen (secondary N) is 3. The lowest BCUT2D eigenvalue weighted by molar-refractivity contribution is -0.120. The molecular weight excluding hydrogens is 354 g/mol. The van der Waals surface area contributed by atoms with E-state index < -0.39 is 6.03 Å². The van der Waals surface area contributed by atoms with Gasteiger partial charge >= 0.3 is 6.03 Å². The van der Waals surface area contributed by atoms with Crippen LogP contribution in [0.1, 0.15) is 16.7 Å². The third-order valence-electron chi connectivity index (χ3n) is 4.07. The minimum atomic E-state index is -0.415. The molecule has 0 aliphatic heterocycles. The van der Waals surface area contributed by atoms with Gasteiger partial charge in [-0.25, -0.2) is 4.79 Å². The maximum absolute atomic E-state index is 12.0. The predicted octanol–water partition coefficient (Wildman–Crippen LogP) is 2.68. The number of urea groups is 1. The first-order chi connectivity index (χ1) is 13.6. The Morgan fingerprint density at radius 2 is 1.82 bits per heavy atom. The summed E-state index contributed by atoms with van der Waals surface area (Å²) in [5.41, 5.74) is 3.82. The molecule has 0 unspecified atom stereocenters. The summed E-state index contributed by atoms with van der Waals surface area (Å²) in [6.07, 6.45) is 3.65. The van der Waals surface area contributed by atoms with Crippen molar-refractivity contribution in [3.63, 3.8) is 0 Å². The van der Waals surface area contributed by atoms with E-state index in [1.165, 1.54) is 0 Å². The second-order valence-corrected chi connectivity index (χ2v) is 6.48. The molecule has 1 heterocycles. The summed E-state index contributed by atoms with van der Waals surface area (Å²) in [6, 6.07) is 16.9. The average molecular weight is 377 g/mol. The molecule has 1 aromatic heterocycles. The molecule has 7 nitrogen and oxygen atoms in total. The van der Waals surface area contributed by atoms with Gasteiger partial charge in [0.1, 0.15) is 0 Å². The van der Waals surface area contributed by atoms with E-state index in [-0.39, 0.29) is 12.5 Å². The van der Waals surface area contributed by atoms with Crippen LogP contribution in [0.3, 0.4) is 0 Å². The van der Waals surface area contributed by atoms with Gasteiger partial charge in [-0.2, -0.15) is 5.10 Å². The molecule has 0 aliphatic carbocycles. The van der Waals surface area contributed by atoms with Crippen molar-refractivity contribution in [2.45, 2.75) is 20.0 Å². The standard InChI is InChI=1S/C21H23N5O2/c1-16-5-2-8-19(11-16)25-21(28)23-14-20(27)22-13-17-6-3-7-18(12-17)15-26-10-4-9-24-26/h2-12H,13-15H2,1H3,(H,22,27)(H2,23,25,28). The number of nitrogens with zero attached hydrogens (tertiary/aromatic N) is 2. The van der Waals surface area contributed by atoms with Crippen molar-refractivity contribution in [2.24, 2.45) is 0 Å². The van der Waals surface area contributed by atoms with Crippen LogP contribution in [0.4, 0.5) is 10.5 Å². The molecule has 7 heteroatoms. The Labute approximate surface area is 163 Å². The summed E-state index contributed by atoms with van der Waals surface area (Å²) in [5, 5.41) is 12.3. The van der Waals surface area contributed by atoms with E-state index in [0.29, 0.717) is 18.8 Å². The zero-order valence-corrected chi connectivity index (χ0v) is 15.7. The quantitative estimate of drug-likeness (QED) is 0.591. The van der Waals surface area contributed by atoms with Gasteiger partial charge in [0.2, 0.25) is 5.91 Å². The maximum atomic E-state index is 12.0. The monoisotopic (exact) mass is 377 g/mol. The van der Waals surface area contributed by atoms with Crippen LogP contribution in [0.5, 0.6) is 0 Å². The minimum absolute atomic E-state index is 0.0926. The first kappa shape index (κ1) is 19.2. The van der Waals surface area contributed by atoms with E-state index >= 15 is 0 Å². The summed E-state index contributed by atoms with van der Waals surface area (Å²) in [4.78, 5) is 23.9. The fourth-order valence-corrected chi connectivity index (χ4v) is 2.74. The molecule has 3 aromatic rings. The number of anilines is 1. The van der Waals surface area contributed by atoms with E-state index in [4.69, 9.17) is 0 Å². The minimum Gasteiger partial charge on any atom is -0.350 e. The first-order valence-corrected chi connectivity index (χ1v) is 9.02. The zero-order valence-electron chi connectivity index (χ0n) is 15.7. The number of amides is 3.